The van der Waals surface area contributed by atoms with E-state index in [4.69, 9.17) is 0 Å². The Morgan fingerprint density at radius 1 is 1.15 bits per heavy atom. The van der Waals surface area contributed by atoms with Gasteiger partial charge >= 0.3 is 0 Å². The molecule has 0 spiro atoms. The lowest BCUT2D eigenvalue weighted by molar-refractivity contribution is -0.120. The highest BCUT2D eigenvalue weighted by molar-refractivity contribution is 5.95. The molecule has 5 heteroatoms. The molecule has 0 aliphatic carbocycles. The first-order valence-electron chi connectivity index (χ1n) is 10.1. The molecule has 5 nitrogen and oxygen atoms in total. The normalized spacial score (nSPS) is 11.9. The van der Waals surface area contributed by atoms with Gasteiger partial charge in [0.05, 0.1) is 11.1 Å². The summed E-state index contributed by atoms with van der Waals surface area (Å²) in [5.74, 6) is 0.0604. The van der Waals surface area contributed by atoms with Crippen LogP contribution in [-0.4, -0.2) is 16.1 Å². The number of nitrogens with one attached hydrogen (secondary N) is 2. The fourth-order valence-corrected chi connectivity index (χ4v) is 3.33. The number of hydrogen-bond acceptors (Lipinski definition) is 3. The number of H-pyrrole nitrogens is 1. The summed E-state index contributed by atoms with van der Waals surface area (Å²) in [4.78, 5) is 24.9. The van der Waals surface area contributed by atoms with Crippen molar-refractivity contribution in [3.8, 4) is 0 Å². The summed E-state index contributed by atoms with van der Waals surface area (Å²) in [7, 11) is 0. The van der Waals surface area contributed by atoms with Crippen molar-refractivity contribution in [2.75, 3.05) is 5.32 Å². The Morgan fingerprint density at radius 3 is 2.41 bits per heavy atom. The molecule has 0 unspecified atom stereocenters. The zero-order valence-electron chi connectivity index (χ0n) is 17.3. The molecule has 1 amide bonds. The third-order valence-corrected chi connectivity index (χ3v) is 4.89. The number of anilines is 1. The van der Waals surface area contributed by atoms with E-state index in [1.54, 1.807) is 6.07 Å². The molecule has 0 bridgehead atoms. The molecule has 0 atom stereocenters. The number of aryl methyl sites for hydroxylation is 1. The van der Waals surface area contributed by atoms with Crippen molar-refractivity contribution in [3.63, 3.8) is 0 Å². The van der Waals surface area contributed by atoms with Gasteiger partial charge in [-0.1, -0.05) is 53.5 Å². The van der Waals surface area contributed by atoms with Crippen molar-refractivity contribution in [2.24, 2.45) is 11.3 Å². The van der Waals surface area contributed by atoms with E-state index in [2.05, 4.69) is 50.1 Å². The number of carbonyl (C=O) groups is 1. The predicted octanol–water partition coefficient (Wildman–Crippen LogP) is 5.06. The van der Waals surface area contributed by atoms with E-state index < -0.39 is 0 Å². The first-order valence-corrected chi connectivity index (χ1v) is 10.1. The summed E-state index contributed by atoms with van der Waals surface area (Å²) in [5.41, 5.74) is 1.54. The van der Waals surface area contributed by atoms with Gasteiger partial charge in [0.2, 0.25) is 5.91 Å². The van der Waals surface area contributed by atoms with E-state index in [0.717, 1.165) is 49.6 Å². The highest BCUT2D eigenvalue weighted by Crippen LogP contribution is 2.25. The first-order chi connectivity index (χ1) is 12.7. The molecule has 0 saturated heterocycles. The predicted molar refractivity (Wildman–Crippen MR) is 112 cm³/mol. The molecular weight excluding hydrogens is 338 g/mol. The summed E-state index contributed by atoms with van der Waals surface area (Å²) in [6, 6.07) is 5.54. The summed E-state index contributed by atoms with van der Waals surface area (Å²) < 4.78 is 0. The minimum absolute atomic E-state index is 0.0220. The molecule has 1 heterocycles. The number of aromatic nitrogens is 2. The maximum absolute atomic E-state index is 12.6. The maximum Gasteiger partial charge on any atom is 0.272 e. The Morgan fingerprint density at radius 2 is 1.81 bits per heavy atom. The summed E-state index contributed by atoms with van der Waals surface area (Å²) in [6.07, 6.45) is 5.52. The van der Waals surface area contributed by atoms with Gasteiger partial charge in [-0.05, 0) is 43.2 Å². The smallest absolute Gasteiger partial charge is 0.272 e. The van der Waals surface area contributed by atoms with Crippen LogP contribution in [0.1, 0.15) is 72.4 Å². The molecule has 0 fully saturated rings. The number of amides is 1. The van der Waals surface area contributed by atoms with Gasteiger partial charge in [0.25, 0.3) is 5.56 Å². The van der Waals surface area contributed by atoms with E-state index in [1.165, 1.54) is 0 Å². The molecule has 0 radical (unpaired) electrons. The zero-order chi connectivity index (χ0) is 20.0. The second kappa shape index (κ2) is 9.16. The Balaban J connectivity index is 2.27. The van der Waals surface area contributed by atoms with Gasteiger partial charge in [-0.15, -0.1) is 0 Å². The third kappa shape index (κ3) is 5.91. The average Bonchev–Trinajstić information content (AvgIpc) is 2.60. The Kier molecular flexibility index (Phi) is 7.17. The lowest BCUT2D eigenvalue weighted by Crippen LogP contribution is -2.23. The molecule has 2 rings (SSSR count). The van der Waals surface area contributed by atoms with Crippen LogP contribution in [0.3, 0.4) is 0 Å². The molecule has 0 aliphatic heterocycles. The van der Waals surface area contributed by atoms with Crippen LogP contribution in [0.25, 0.3) is 10.8 Å². The van der Waals surface area contributed by atoms with Crippen LogP contribution in [0.4, 0.5) is 5.69 Å². The number of rotatable bonds is 8. The van der Waals surface area contributed by atoms with Gasteiger partial charge in [0, 0.05) is 17.0 Å². The van der Waals surface area contributed by atoms with Gasteiger partial charge in [0.15, 0.2) is 0 Å². The van der Waals surface area contributed by atoms with E-state index in [9.17, 15) is 9.59 Å². The van der Waals surface area contributed by atoms with E-state index in [1.807, 2.05) is 12.1 Å². The van der Waals surface area contributed by atoms with Crippen LogP contribution in [-0.2, 0) is 11.2 Å². The van der Waals surface area contributed by atoms with Crippen LogP contribution < -0.4 is 10.9 Å². The molecule has 27 heavy (non-hydrogen) atoms. The number of carbonyl (C=O) groups excluding carboxylic acids is 1. The summed E-state index contributed by atoms with van der Waals surface area (Å²) in [5, 5.41) is 11.3. The molecule has 0 aliphatic rings. The monoisotopic (exact) mass is 371 g/mol. The largest absolute Gasteiger partial charge is 0.326 e. The number of hydrogen-bond donors (Lipinski definition) is 2. The van der Waals surface area contributed by atoms with Gasteiger partial charge in [-0.3, -0.25) is 9.59 Å². The molecular formula is C22H33N3O2. The highest BCUT2D eigenvalue weighted by atomic mass is 16.2. The number of benzene rings is 1. The van der Waals surface area contributed by atoms with Crippen molar-refractivity contribution in [2.45, 2.75) is 73.1 Å². The van der Waals surface area contributed by atoms with Crippen molar-refractivity contribution in [1.29, 1.82) is 0 Å². The first kappa shape index (κ1) is 21.1. The van der Waals surface area contributed by atoms with Crippen LogP contribution >= 0.6 is 0 Å². The van der Waals surface area contributed by atoms with E-state index in [0.29, 0.717) is 11.1 Å². The van der Waals surface area contributed by atoms with Crippen LogP contribution in [0.2, 0.25) is 0 Å². The van der Waals surface area contributed by atoms with E-state index >= 15 is 0 Å². The molecule has 2 N–H and O–H groups in total. The van der Waals surface area contributed by atoms with Crippen molar-refractivity contribution in [1.82, 2.24) is 10.2 Å². The van der Waals surface area contributed by atoms with Gasteiger partial charge in [-0.25, -0.2) is 5.10 Å². The second-order valence-corrected chi connectivity index (χ2v) is 8.58. The SMILES string of the molecule is CCCC(CCC)C(=O)Nc1ccc2c(CCC(C)(C)C)n[nH]c(=O)c2c1. The van der Waals surface area contributed by atoms with Gasteiger partial charge < -0.3 is 5.32 Å². The van der Waals surface area contributed by atoms with Gasteiger partial charge in [0.1, 0.15) is 0 Å². The van der Waals surface area contributed by atoms with Crippen LogP contribution in [0, 0.1) is 11.3 Å². The summed E-state index contributed by atoms with van der Waals surface area (Å²) >= 11 is 0. The Hall–Kier alpha value is -2.17. The van der Waals surface area contributed by atoms with Crippen molar-refractivity contribution >= 4 is 22.4 Å². The lowest BCUT2D eigenvalue weighted by Gasteiger charge is -2.18. The molecule has 2 aromatic rings. The minimum Gasteiger partial charge on any atom is -0.326 e. The molecule has 1 aromatic carbocycles. The number of aromatic amines is 1. The maximum atomic E-state index is 12.6. The quantitative estimate of drug-likeness (QED) is 0.681. The van der Waals surface area contributed by atoms with Crippen LogP contribution in [0.15, 0.2) is 23.0 Å². The number of nitrogens with zero attached hydrogens (tertiary/aromatic N) is 1. The van der Waals surface area contributed by atoms with Crippen molar-refractivity contribution < 1.29 is 4.79 Å². The fraction of sp³-hybridized carbons (Fsp3) is 0.591. The molecule has 0 saturated carbocycles. The average molecular weight is 372 g/mol. The zero-order valence-corrected chi connectivity index (χ0v) is 17.3. The highest BCUT2D eigenvalue weighted by Gasteiger charge is 2.18. The number of fused-ring (bicyclic) bond motifs is 1. The Bertz CT molecular complexity index is 828. The standard InChI is InChI=1S/C22H33N3O2/c1-6-8-15(9-7-2)20(26)23-16-10-11-17-18(14-16)21(27)25-24-19(17)12-13-22(3,4)5/h10-11,14-15H,6-9,12-13H2,1-5H3,(H,23,26)(H,25,27). The second-order valence-electron chi connectivity index (χ2n) is 8.58. The lowest BCUT2D eigenvalue weighted by atomic mass is 9.89. The fourth-order valence-electron chi connectivity index (χ4n) is 3.33. The molecule has 1 aromatic heterocycles. The van der Waals surface area contributed by atoms with Gasteiger partial charge in [-0.2, -0.15) is 5.10 Å². The van der Waals surface area contributed by atoms with E-state index in [-0.39, 0.29) is 22.8 Å². The Labute approximate surface area is 162 Å². The van der Waals surface area contributed by atoms with Crippen LogP contribution in [0.5, 0.6) is 0 Å². The third-order valence-electron chi connectivity index (χ3n) is 4.89. The molecule has 148 valence electrons. The summed E-state index contributed by atoms with van der Waals surface area (Å²) in [6.45, 7) is 10.8. The topological polar surface area (TPSA) is 74.8 Å². The minimum atomic E-state index is -0.223. The van der Waals surface area contributed by atoms with Crippen molar-refractivity contribution in [3.05, 3.63) is 34.2 Å².